The van der Waals surface area contributed by atoms with E-state index in [1.165, 1.54) is 0 Å². The fourth-order valence-electron chi connectivity index (χ4n) is 1.17. The van der Waals surface area contributed by atoms with E-state index in [9.17, 15) is 4.79 Å². The van der Waals surface area contributed by atoms with Crippen molar-refractivity contribution >= 4 is 6.03 Å². The van der Waals surface area contributed by atoms with Crippen LogP contribution in [-0.2, 0) is 4.74 Å². The van der Waals surface area contributed by atoms with Gasteiger partial charge in [0.05, 0.1) is 0 Å². The van der Waals surface area contributed by atoms with Gasteiger partial charge in [0, 0.05) is 25.8 Å². The number of rotatable bonds is 5. The van der Waals surface area contributed by atoms with Gasteiger partial charge in [-0.2, -0.15) is 0 Å². The first-order chi connectivity index (χ1) is 7.16. The molecule has 0 rings (SSSR count). The molecule has 0 atom stereocenters. The summed E-state index contributed by atoms with van der Waals surface area (Å²) < 4.78 is 5.04. The van der Waals surface area contributed by atoms with E-state index in [-0.39, 0.29) is 17.0 Å². The summed E-state index contributed by atoms with van der Waals surface area (Å²) in [6.45, 7) is 11.5. The number of ether oxygens (including phenoxy) is 1. The highest BCUT2D eigenvalue weighted by Crippen LogP contribution is 2.18. The number of methoxy groups -OCH3 is 1. The van der Waals surface area contributed by atoms with Crippen LogP contribution in [0.15, 0.2) is 0 Å². The Balaban J connectivity index is 3.90. The Morgan fingerprint density at radius 2 is 1.75 bits per heavy atom. The van der Waals surface area contributed by atoms with Gasteiger partial charge in [-0.05, 0) is 32.6 Å². The van der Waals surface area contributed by atoms with Crippen molar-refractivity contribution in [2.24, 2.45) is 5.41 Å². The highest BCUT2D eigenvalue weighted by atomic mass is 16.5. The van der Waals surface area contributed by atoms with Crippen LogP contribution < -0.4 is 10.6 Å². The molecular formula is C12H26N2O2. The topological polar surface area (TPSA) is 50.4 Å². The van der Waals surface area contributed by atoms with Gasteiger partial charge < -0.3 is 15.4 Å². The average Bonchev–Trinajstić information content (AvgIpc) is 2.09. The number of carbonyl (C=O) groups excluding carboxylic acids is 1. The second-order valence-electron chi connectivity index (χ2n) is 5.96. The third-order valence-corrected chi connectivity index (χ3v) is 2.20. The normalized spacial score (nSPS) is 12.4. The predicted octanol–water partition coefficient (Wildman–Crippen LogP) is 2.15. The molecule has 0 saturated carbocycles. The van der Waals surface area contributed by atoms with Crippen LogP contribution in [0, 0.1) is 5.41 Å². The minimum absolute atomic E-state index is 0.0607. The van der Waals surface area contributed by atoms with Crippen molar-refractivity contribution < 1.29 is 9.53 Å². The molecule has 0 fully saturated rings. The zero-order valence-corrected chi connectivity index (χ0v) is 11.4. The molecule has 4 heteroatoms. The van der Waals surface area contributed by atoms with Crippen molar-refractivity contribution in [3.63, 3.8) is 0 Å². The van der Waals surface area contributed by atoms with E-state index in [4.69, 9.17) is 4.74 Å². The maximum Gasteiger partial charge on any atom is 0.315 e. The van der Waals surface area contributed by atoms with Crippen LogP contribution in [0.2, 0.25) is 0 Å². The lowest BCUT2D eigenvalue weighted by Gasteiger charge is -2.26. The standard InChI is InChI=1S/C12H26N2O2/c1-11(2,3)14-10(15)13-9-12(4,5)7-8-16-6/h7-9H2,1-6H3,(H2,13,14,15). The first-order valence-electron chi connectivity index (χ1n) is 5.71. The van der Waals surface area contributed by atoms with Crippen LogP contribution >= 0.6 is 0 Å². The predicted molar refractivity (Wildman–Crippen MR) is 66.6 cm³/mol. The first-order valence-corrected chi connectivity index (χ1v) is 5.71. The van der Waals surface area contributed by atoms with Gasteiger partial charge in [-0.25, -0.2) is 4.79 Å². The summed E-state index contributed by atoms with van der Waals surface area (Å²) in [5, 5.41) is 5.75. The van der Waals surface area contributed by atoms with Gasteiger partial charge in [-0.1, -0.05) is 13.8 Å². The van der Waals surface area contributed by atoms with Crippen LogP contribution in [0.5, 0.6) is 0 Å². The van der Waals surface area contributed by atoms with E-state index in [1.807, 2.05) is 20.8 Å². The molecule has 0 aliphatic heterocycles. The average molecular weight is 230 g/mol. The van der Waals surface area contributed by atoms with Gasteiger partial charge in [0.1, 0.15) is 0 Å². The molecule has 0 aliphatic carbocycles. The number of hydrogen-bond donors (Lipinski definition) is 2. The van der Waals surface area contributed by atoms with Gasteiger partial charge in [-0.15, -0.1) is 0 Å². The van der Waals surface area contributed by atoms with Crippen LogP contribution in [0.1, 0.15) is 41.0 Å². The molecule has 0 heterocycles. The van der Waals surface area contributed by atoms with Crippen LogP contribution in [-0.4, -0.2) is 31.8 Å². The Bertz CT molecular complexity index is 220. The molecule has 0 radical (unpaired) electrons. The van der Waals surface area contributed by atoms with Gasteiger partial charge >= 0.3 is 6.03 Å². The molecule has 0 aliphatic rings. The van der Waals surface area contributed by atoms with Crippen LogP contribution in [0.25, 0.3) is 0 Å². The monoisotopic (exact) mass is 230 g/mol. The molecule has 0 aromatic rings. The second kappa shape index (κ2) is 6.09. The molecule has 0 aromatic heterocycles. The maximum atomic E-state index is 11.5. The van der Waals surface area contributed by atoms with Gasteiger partial charge in [0.15, 0.2) is 0 Å². The molecule has 4 nitrogen and oxygen atoms in total. The lowest BCUT2D eigenvalue weighted by molar-refractivity contribution is 0.150. The Morgan fingerprint density at radius 1 is 1.19 bits per heavy atom. The molecule has 16 heavy (non-hydrogen) atoms. The molecule has 0 saturated heterocycles. The zero-order valence-electron chi connectivity index (χ0n) is 11.4. The van der Waals surface area contributed by atoms with Crippen molar-refractivity contribution in [1.29, 1.82) is 0 Å². The molecule has 0 unspecified atom stereocenters. The Hall–Kier alpha value is -0.770. The SMILES string of the molecule is COCCC(C)(C)CNC(=O)NC(C)(C)C. The number of urea groups is 1. The molecule has 2 amide bonds. The Labute approximate surface area is 99.1 Å². The highest BCUT2D eigenvalue weighted by Gasteiger charge is 2.20. The minimum atomic E-state index is -0.194. The Kier molecular flexibility index (Phi) is 5.79. The first kappa shape index (κ1) is 15.2. The van der Waals surface area contributed by atoms with E-state index in [2.05, 4.69) is 24.5 Å². The highest BCUT2D eigenvalue weighted by molar-refractivity contribution is 5.74. The molecule has 0 spiro atoms. The molecule has 96 valence electrons. The largest absolute Gasteiger partial charge is 0.385 e. The summed E-state index contributed by atoms with van der Waals surface area (Å²) in [7, 11) is 1.69. The van der Waals surface area contributed by atoms with Gasteiger partial charge in [-0.3, -0.25) is 0 Å². The summed E-state index contributed by atoms with van der Waals surface area (Å²) in [6, 6.07) is -0.113. The van der Waals surface area contributed by atoms with Crippen LogP contribution in [0.3, 0.4) is 0 Å². The smallest absolute Gasteiger partial charge is 0.315 e. The third-order valence-electron chi connectivity index (χ3n) is 2.20. The van der Waals surface area contributed by atoms with Crippen molar-refractivity contribution in [3.8, 4) is 0 Å². The molecule has 0 aromatic carbocycles. The van der Waals surface area contributed by atoms with E-state index in [0.717, 1.165) is 13.0 Å². The lowest BCUT2D eigenvalue weighted by Crippen LogP contribution is -2.48. The number of carbonyl (C=O) groups is 1. The van der Waals surface area contributed by atoms with Crippen LogP contribution in [0.4, 0.5) is 4.79 Å². The quantitative estimate of drug-likeness (QED) is 0.760. The Morgan fingerprint density at radius 3 is 2.19 bits per heavy atom. The lowest BCUT2D eigenvalue weighted by atomic mass is 9.90. The summed E-state index contributed by atoms with van der Waals surface area (Å²) in [6.07, 6.45) is 0.930. The van der Waals surface area contributed by atoms with Crippen molar-refractivity contribution in [1.82, 2.24) is 10.6 Å². The molecular weight excluding hydrogens is 204 g/mol. The summed E-state index contributed by atoms with van der Waals surface area (Å²) in [5.74, 6) is 0. The van der Waals surface area contributed by atoms with E-state index < -0.39 is 0 Å². The van der Waals surface area contributed by atoms with E-state index in [0.29, 0.717) is 6.54 Å². The van der Waals surface area contributed by atoms with E-state index >= 15 is 0 Å². The minimum Gasteiger partial charge on any atom is -0.385 e. The summed E-state index contributed by atoms with van der Waals surface area (Å²) in [5.41, 5.74) is -0.133. The number of nitrogens with one attached hydrogen (secondary N) is 2. The van der Waals surface area contributed by atoms with Crippen molar-refractivity contribution in [2.45, 2.75) is 46.6 Å². The van der Waals surface area contributed by atoms with Crippen molar-refractivity contribution in [2.75, 3.05) is 20.3 Å². The third kappa shape index (κ3) is 8.53. The fourth-order valence-corrected chi connectivity index (χ4v) is 1.17. The number of amides is 2. The zero-order chi connectivity index (χ0) is 12.8. The molecule has 0 bridgehead atoms. The number of hydrogen-bond acceptors (Lipinski definition) is 2. The maximum absolute atomic E-state index is 11.5. The fraction of sp³-hybridized carbons (Fsp3) is 0.917. The van der Waals surface area contributed by atoms with Crippen molar-refractivity contribution in [3.05, 3.63) is 0 Å². The van der Waals surface area contributed by atoms with Gasteiger partial charge in [0.25, 0.3) is 0 Å². The molecule has 2 N–H and O–H groups in total. The van der Waals surface area contributed by atoms with E-state index in [1.54, 1.807) is 7.11 Å². The second-order valence-corrected chi connectivity index (χ2v) is 5.96. The van der Waals surface area contributed by atoms with Gasteiger partial charge in [0.2, 0.25) is 0 Å². The summed E-state index contributed by atoms with van der Waals surface area (Å²) in [4.78, 5) is 11.5. The summed E-state index contributed by atoms with van der Waals surface area (Å²) >= 11 is 0.